The average molecular weight is 374 g/mol. The van der Waals surface area contributed by atoms with Crippen molar-refractivity contribution in [3.63, 3.8) is 0 Å². The maximum absolute atomic E-state index is 13.6. The molecule has 0 aliphatic carbocycles. The van der Waals surface area contributed by atoms with Crippen molar-refractivity contribution in [2.75, 3.05) is 0 Å². The lowest BCUT2D eigenvalue weighted by atomic mass is 10.1. The summed E-state index contributed by atoms with van der Waals surface area (Å²) < 4.78 is 95.0. The van der Waals surface area contributed by atoms with Crippen LogP contribution < -0.4 is 4.18 Å². The van der Waals surface area contributed by atoms with Gasteiger partial charge in [-0.1, -0.05) is 30.3 Å². The van der Waals surface area contributed by atoms with Crippen LogP contribution in [0.1, 0.15) is 0 Å². The van der Waals surface area contributed by atoms with Crippen LogP contribution in [0.25, 0.3) is 10.8 Å². The molecule has 0 atom stereocenters. The Bertz CT molecular complexity index is 1070. The summed E-state index contributed by atoms with van der Waals surface area (Å²) >= 11 is 0. The van der Waals surface area contributed by atoms with Crippen LogP contribution in [0.2, 0.25) is 0 Å². The molecule has 0 aliphatic heterocycles. The van der Waals surface area contributed by atoms with Gasteiger partial charge in [0.25, 0.3) is 0 Å². The average Bonchev–Trinajstić information content (AvgIpc) is 2.61. The standard InChI is InChI=1S/C16H7F5O3S/c17-11-12(18)14(20)16(15(21)13(11)19)24-25(22,23)10-6-5-8-3-1-2-4-9(8)7-10/h1-7H. The maximum atomic E-state index is 13.6. The molecule has 0 N–H and O–H groups in total. The first-order valence-corrected chi connectivity index (χ1v) is 8.08. The van der Waals surface area contributed by atoms with Crippen LogP contribution in [0.3, 0.4) is 0 Å². The molecule has 3 aromatic carbocycles. The van der Waals surface area contributed by atoms with Crippen molar-refractivity contribution in [3.05, 3.63) is 71.6 Å². The molecule has 0 aliphatic rings. The zero-order valence-corrected chi connectivity index (χ0v) is 12.9. The Morgan fingerprint density at radius 3 is 1.80 bits per heavy atom. The normalized spacial score (nSPS) is 11.7. The van der Waals surface area contributed by atoms with Gasteiger partial charge >= 0.3 is 10.1 Å². The first kappa shape index (κ1) is 17.2. The third-order valence-corrected chi connectivity index (χ3v) is 4.59. The van der Waals surface area contributed by atoms with Crippen LogP contribution in [-0.2, 0) is 10.1 Å². The van der Waals surface area contributed by atoms with Gasteiger partial charge in [0.05, 0.1) is 0 Å². The van der Waals surface area contributed by atoms with Crippen LogP contribution in [0.4, 0.5) is 22.0 Å². The highest BCUT2D eigenvalue weighted by atomic mass is 32.2. The molecule has 0 unspecified atom stereocenters. The number of hydrogen-bond donors (Lipinski definition) is 0. The Kier molecular flexibility index (Phi) is 4.11. The number of hydrogen-bond acceptors (Lipinski definition) is 3. The summed E-state index contributed by atoms with van der Waals surface area (Å²) in [7, 11) is -4.83. The van der Waals surface area contributed by atoms with E-state index in [0.29, 0.717) is 10.8 Å². The summed E-state index contributed by atoms with van der Waals surface area (Å²) in [6.45, 7) is 0. The van der Waals surface area contributed by atoms with Crippen molar-refractivity contribution < 1.29 is 34.6 Å². The highest BCUT2D eigenvalue weighted by Crippen LogP contribution is 2.31. The second kappa shape index (κ2) is 5.99. The molecular formula is C16H7F5O3S. The molecule has 0 saturated heterocycles. The molecule has 0 spiro atoms. The summed E-state index contributed by atoms with van der Waals surface area (Å²) in [4.78, 5) is -0.504. The third-order valence-electron chi connectivity index (χ3n) is 3.37. The van der Waals surface area contributed by atoms with Crippen molar-refractivity contribution in [3.8, 4) is 5.75 Å². The molecule has 9 heteroatoms. The molecule has 0 bridgehead atoms. The van der Waals surface area contributed by atoms with Gasteiger partial charge < -0.3 is 4.18 Å². The predicted octanol–water partition coefficient (Wildman–Crippen LogP) is 4.30. The minimum atomic E-state index is -4.83. The van der Waals surface area contributed by atoms with Crippen molar-refractivity contribution >= 4 is 20.9 Å². The Labute approximate surface area is 138 Å². The van der Waals surface area contributed by atoms with E-state index in [4.69, 9.17) is 0 Å². The Morgan fingerprint density at radius 1 is 0.680 bits per heavy atom. The van der Waals surface area contributed by atoms with Crippen LogP contribution in [0.5, 0.6) is 5.75 Å². The fraction of sp³-hybridized carbons (Fsp3) is 0. The smallest absolute Gasteiger partial charge is 0.339 e. The van der Waals surface area contributed by atoms with E-state index in [9.17, 15) is 30.4 Å². The van der Waals surface area contributed by atoms with E-state index < -0.39 is 49.8 Å². The molecular weight excluding hydrogens is 367 g/mol. The molecule has 0 aromatic heterocycles. The number of halogens is 5. The topological polar surface area (TPSA) is 43.4 Å². The van der Waals surface area contributed by atoms with Gasteiger partial charge in [0.2, 0.25) is 34.8 Å². The van der Waals surface area contributed by atoms with Crippen LogP contribution in [0, 0.1) is 29.1 Å². The largest absolute Gasteiger partial charge is 0.372 e. The van der Waals surface area contributed by atoms with Gasteiger partial charge in [-0.25, -0.2) is 13.2 Å². The zero-order valence-electron chi connectivity index (χ0n) is 12.1. The Balaban J connectivity index is 2.10. The lowest BCUT2D eigenvalue weighted by molar-refractivity contribution is 0.346. The third kappa shape index (κ3) is 2.91. The van der Waals surface area contributed by atoms with Crippen LogP contribution in [-0.4, -0.2) is 8.42 Å². The van der Waals surface area contributed by atoms with Crippen LogP contribution in [0.15, 0.2) is 47.4 Å². The maximum Gasteiger partial charge on any atom is 0.339 e. The van der Waals surface area contributed by atoms with E-state index >= 15 is 0 Å². The molecule has 0 radical (unpaired) electrons. The Morgan fingerprint density at radius 2 is 1.20 bits per heavy atom. The summed E-state index contributed by atoms with van der Waals surface area (Å²) in [6, 6.07) is 10.2. The summed E-state index contributed by atoms with van der Waals surface area (Å²) in [5, 5.41) is 1.15. The Hall–Kier alpha value is -2.68. The van der Waals surface area contributed by atoms with E-state index in [1.54, 1.807) is 24.3 Å². The fourth-order valence-corrected chi connectivity index (χ4v) is 3.11. The molecule has 0 heterocycles. The molecule has 3 aromatic rings. The zero-order chi connectivity index (χ0) is 18.4. The fourth-order valence-electron chi connectivity index (χ4n) is 2.14. The highest BCUT2D eigenvalue weighted by molar-refractivity contribution is 7.87. The SMILES string of the molecule is O=S(=O)(Oc1c(F)c(F)c(F)c(F)c1F)c1ccc2ccccc2c1. The molecule has 130 valence electrons. The van der Waals surface area contributed by atoms with Crippen LogP contribution >= 0.6 is 0 Å². The van der Waals surface area contributed by atoms with Crippen molar-refractivity contribution in [2.45, 2.75) is 4.90 Å². The monoisotopic (exact) mass is 374 g/mol. The van der Waals surface area contributed by atoms with Gasteiger partial charge in [0, 0.05) is 0 Å². The lowest BCUT2D eigenvalue weighted by Gasteiger charge is -2.11. The van der Waals surface area contributed by atoms with Gasteiger partial charge in [-0.15, -0.1) is 0 Å². The van der Waals surface area contributed by atoms with Gasteiger partial charge in [-0.3, -0.25) is 0 Å². The number of fused-ring (bicyclic) bond motifs is 1. The molecule has 25 heavy (non-hydrogen) atoms. The minimum absolute atomic E-state index is 0.476. The summed E-state index contributed by atoms with van der Waals surface area (Å²) in [6.07, 6.45) is 0. The van der Waals surface area contributed by atoms with E-state index in [0.717, 1.165) is 12.1 Å². The minimum Gasteiger partial charge on any atom is -0.372 e. The van der Waals surface area contributed by atoms with Gasteiger partial charge in [0.1, 0.15) is 4.90 Å². The summed E-state index contributed by atoms with van der Waals surface area (Å²) in [5.74, 6) is -13.7. The quantitative estimate of drug-likeness (QED) is 0.297. The van der Waals surface area contributed by atoms with Gasteiger partial charge in [0.15, 0.2) is 0 Å². The molecule has 0 saturated carbocycles. The van der Waals surface area contributed by atoms with E-state index in [-0.39, 0.29) is 0 Å². The molecule has 0 fully saturated rings. The molecule has 0 amide bonds. The predicted molar refractivity (Wildman–Crippen MR) is 78.0 cm³/mol. The van der Waals surface area contributed by atoms with Gasteiger partial charge in [-0.05, 0) is 22.9 Å². The lowest BCUT2D eigenvalue weighted by Crippen LogP contribution is -2.14. The van der Waals surface area contributed by atoms with Gasteiger partial charge in [-0.2, -0.15) is 17.2 Å². The second-order valence-electron chi connectivity index (χ2n) is 4.95. The summed E-state index contributed by atoms with van der Waals surface area (Å²) in [5.41, 5.74) is 0. The van der Waals surface area contributed by atoms with Crippen molar-refractivity contribution in [1.82, 2.24) is 0 Å². The van der Waals surface area contributed by atoms with E-state index in [1.807, 2.05) is 0 Å². The molecule has 3 nitrogen and oxygen atoms in total. The van der Waals surface area contributed by atoms with Crippen molar-refractivity contribution in [1.29, 1.82) is 0 Å². The first-order chi connectivity index (χ1) is 11.7. The van der Waals surface area contributed by atoms with E-state index in [1.165, 1.54) is 6.07 Å². The number of rotatable bonds is 3. The van der Waals surface area contributed by atoms with E-state index in [2.05, 4.69) is 4.18 Å². The van der Waals surface area contributed by atoms with Crippen molar-refractivity contribution in [2.24, 2.45) is 0 Å². The first-order valence-electron chi connectivity index (χ1n) is 6.67. The molecule has 3 rings (SSSR count). The highest BCUT2D eigenvalue weighted by Gasteiger charge is 2.31. The second-order valence-corrected chi connectivity index (χ2v) is 6.49. The number of benzene rings is 3.